The number of carbonyl (C=O) groups is 1. The summed E-state index contributed by atoms with van der Waals surface area (Å²) in [6, 6.07) is 7.91. The number of rotatable bonds is 2. The number of halogens is 1. The summed E-state index contributed by atoms with van der Waals surface area (Å²) in [4.78, 5) is 13.6. The molecule has 1 heterocycles. The van der Waals surface area contributed by atoms with E-state index in [9.17, 15) is 4.79 Å². The molecular formula is C13H14BrNO. The lowest BCUT2D eigenvalue weighted by molar-refractivity contribution is -0.124. The van der Waals surface area contributed by atoms with Crippen molar-refractivity contribution in [3.05, 3.63) is 40.4 Å². The van der Waals surface area contributed by atoms with Gasteiger partial charge < -0.3 is 4.90 Å². The summed E-state index contributed by atoms with van der Waals surface area (Å²) in [5, 5.41) is 0. The molecule has 2 rings (SSSR count). The average Bonchev–Trinajstić information content (AvgIpc) is 2.81. The maximum Gasteiger partial charge on any atom is 0.246 e. The lowest BCUT2D eigenvalue weighted by Crippen LogP contribution is -2.25. The lowest BCUT2D eigenvalue weighted by atomic mass is 10.2. The van der Waals surface area contributed by atoms with E-state index in [1.54, 1.807) is 6.08 Å². The molecule has 1 aromatic carbocycles. The van der Waals surface area contributed by atoms with Crippen molar-refractivity contribution >= 4 is 27.9 Å². The Morgan fingerprint density at radius 2 is 1.81 bits per heavy atom. The maximum atomic E-state index is 11.7. The summed E-state index contributed by atoms with van der Waals surface area (Å²) in [6.45, 7) is 1.81. The van der Waals surface area contributed by atoms with Gasteiger partial charge in [-0.25, -0.2) is 0 Å². The highest BCUT2D eigenvalue weighted by atomic mass is 79.9. The van der Waals surface area contributed by atoms with Crippen LogP contribution in [0.3, 0.4) is 0 Å². The van der Waals surface area contributed by atoms with Crippen LogP contribution in [0.25, 0.3) is 6.08 Å². The van der Waals surface area contributed by atoms with Gasteiger partial charge in [0.25, 0.3) is 0 Å². The molecule has 0 unspecified atom stereocenters. The van der Waals surface area contributed by atoms with Gasteiger partial charge in [0.1, 0.15) is 0 Å². The quantitative estimate of drug-likeness (QED) is 0.762. The lowest BCUT2D eigenvalue weighted by Gasteiger charge is -2.11. The van der Waals surface area contributed by atoms with Gasteiger partial charge in [-0.2, -0.15) is 0 Å². The third kappa shape index (κ3) is 2.95. The molecule has 0 aromatic heterocycles. The Morgan fingerprint density at radius 3 is 2.44 bits per heavy atom. The average molecular weight is 280 g/mol. The highest BCUT2D eigenvalue weighted by molar-refractivity contribution is 9.10. The number of nitrogens with zero attached hydrogens (tertiary/aromatic N) is 1. The third-order valence-corrected chi connectivity index (χ3v) is 3.23. The Labute approximate surface area is 104 Å². The molecular weight excluding hydrogens is 266 g/mol. The van der Waals surface area contributed by atoms with Crippen LogP contribution in [0.5, 0.6) is 0 Å². The van der Waals surface area contributed by atoms with Crippen molar-refractivity contribution in [3.8, 4) is 0 Å². The molecule has 1 fully saturated rings. The van der Waals surface area contributed by atoms with E-state index in [1.807, 2.05) is 35.2 Å². The van der Waals surface area contributed by atoms with Crippen molar-refractivity contribution in [1.82, 2.24) is 4.90 Å². The van der Waals surface area contributed by atoms with Crippen molar-refractivity contribution in [3.63, 3.8) is 0 Å². The fourth-order valence-corrected chi connectivity index (χ4v) is 2.05. The minimum Gasteiger partial charge on any atom is -0.339 e. The van der Waals surface area contributed by atoms with Crippen LogP contribution in [-0.2, 0) is 4.79 Å². The monoisotopic (exact) mass is 279 g/mol. The van der Waals surface area contributed by atoms with Crippen molar-refractivity contribution in [1.29, 1.82) is 0 Å². The van der Waals surface area contributed by atoms with Gasteiger partial charge in [-0.3, -0.25) is 4.79 Å². The Bertz CT molecular complexity index is 391. The van der Waals surface area contributed by atoms with Crippen LogP contribution in [-0.4, -0.2) is 23.9 Å². The minimum atomic E-state index is 0.125. The van der Waals surface area contributed by atoms with Gasteiger partial charge in [-0.05, 0) is 36.6 Å². The van der Waals surface area contributed by atoms with E-state index in [4.69, 9.17) is 0 Å². The second kappa shape index (κ2) is 5.30. The molecule has 0 bridgehead atoms. The Hall–Kier alpha value is -1.09. The fraction of sp³-hybridized carbons (Fsp3) is 0.308. The van der Waals surface area contributed by atoms with Crippen LogP contribution in [0.1, 0.15) is 18.4 Å². The molecule has 3 heteroatoms. The first-order valence-electron chi connectivity index (χ1n) is 5.48. The van der Waals surface area contributed by atoms with Gasteiger partial charge in [0.05, 0.1) is 0 Å². The number of hydrogen-bond donors (Lipinski definition) is 0. The van der Waals surface area contributed by atoms with E-state index < -0.39 is 0 Å². The summed E-state index contributed by atoms with van der Waals surface area (Å²) in [5.41, 5.74) is 1.05. The first kappa shape index (κ1) is 11.4. The summed E-state index contributed by atoms with van der Waals surface area (Å²) in [7, 11) is 0. The fourth-order valence-electron chi connectivity index (χ4n) is 1.78. The molecule has 1 amide bonds. The summed E-state index contributed by atoms with van der Waals surface area (Å²) in [5.74, 6) is 0.125. The van der Waals surface area contributed by atoms with Gasteiger partial charge in [-0.15, -0.1) is 0 Å². The molecule has 0 aliphatic carbocycles. The van der Waals surface area contributed by atoms with E-state index in [1.165, 1.54) is 0 Å². The predicted molar refractivity (Wildman–Crippen MR) is 69.0 cm³/mol. The summed E-state index contributed by atoms with van der Waals surface area (Å²) >= 11 is 3.38. The van der Waals surface area contributed by atoms with Crippen LogP contribution < -0.4 is 0 Å². The van der Waals surface area contributed by atoms with Gasteiger partial charge in [0, 0.05) is 23.6 Å². The normalized spacial score (nSPS) is 15.9. The molecule has 16 heavy (non-hydrogen) atoms. The zero-order chi connectivity index (χ0) is 11.4. The molecule has 84 valence electrons. The smallest absolute Gasteiger partial charge is 0.246 e. The van der Waals surface area contributed by atoms with E-state index in [2.05, 4.69) is 15.9 Å². The molecule has 0 radical (unpaired) electrons. The zero-order valence-electron chi connectivity index (χ0n) is 9.03. The van der Waals surface area contributed by atoms with Crippen LogP contribution in [0.2, 0.25) is 0 Å². The summed E-state index contributed by atoms with van der Waals surface area (Å²) < 4.78 is 1.05. The molecule has 1 aliphatic heterocycles. The topological polar surface area (TPSA) is 20.3 Å². The molecule has 1 aliphatic rings. The van der Waals surface area contributed by atoms with Crippen LogP contribution in [0, 0.1) is 0 Å². The second-order valence-corrected chi connectivity index (χ2v) is 4.83. The number of amides is 1. The van der Waals surface area contributed by atoms with E-state index in [0.29, 0.717) is 0 Å². The standard InChI is InChI=1S/C13H14BrNO/c14-12-6-3-11(4-7-12)5-8-13(16)15-9-1-2-10-15/h3-8H,1-2,9-10H2/b8-5+. The maximum absolute atomic E-state index is 11.7. The van der Waals surface area contributed by atoms with E-state index >= 15 is 0 Å². The van der Waals surface area contributed by atoms with E-state index in [-0.39, 0.29) is 5.91 Å². The number of hydrogen-bond acceptors (Lipinski definition) is 1. The number of likely N-dealkylation sites (tertiary alicyclic amines) is 1. The highest BCUT2D eigenvalue weighted by Gasteiger charge is 2.14. The van der Waals surface area contributed by atoms with Gasteiger partial charge in [0.15, 0.2) is 0 Å². The van der Waals surface area contributed by atoms with Crippen molar-refractivity contribution in [2.45, 2.75) is 12.8 Å². The Morgan fingerprint density at radius 1 is 1.19 bits per heavy atom. The van der Waals surface area contributed by atoms with Gasteiger partial charge in [0.2, 0.25) is 5.91 Å². The van der Waals surface area contributed by atoms with Crippen LogP contribution in [0.4, 0.5) is 0 Å². The van der Waals surface area contributed by atoms with Crippen molar-refractivity contribution in [2.75, 3.05) is 13.1 Å². The third-order valence-electron chi connectivity index (χ3n) is 2.71. The largest absolute Gasteiger partial charge is 0.339 e. The Balaban J connectivity index is 1.97. The van der Waals surface area contributed by atoms with Gasteiger partial charge >= 0.3 is 0 Å². The van der Waals surface area contributed by atoms with Crippen LogP contribution in [0.15, 0.2) is 34.8 Å². The zero-order valence-corrected chi connectivity index (χ0v) is 10.6. The molecule has 2 nitrogen and oxygen atoms in total. The van der Waals surface area contributed by atoms with E-state index in [0.717, 1.165) is 36.0 Å². The highest BCUT2D eigenvalue weighted by Crippen LogP contribution is 2.12. The second-order valence-electron chi connectivity index (χ2n) is 3.92. The minimum absolute atomic E-state index is 0.125. The first-order chi connectivity index (χ1) is 7.75. The van der Waals surface area contributed by atoms with Crippen molar-refractivity contribution < 1.29 is 4.79 Å². The number of benzene rings is 1. The molecule has 0 atom stereocenters. The SMILES string of the molecule is O=C(/C=C/c1ccc(Br)cc1)N1CCCC1. The molecule has 0 saturated carbocycles. The predicted octanol–water partition coefficient (Wildman–Crippen LogP) is 3.08. The summed E-state index contributed by atoms with van der Waals surface area (Å²) in [6.07, 6.45) is 5.80. The molecule has 0 N–H and O–H groups in total. The van der Waals surface area contributed by atoms with Crippen LogP contribution >= 0.6 is 15.9 Å². The Kier molecular flexibility index (Phi) is 3.78. The van der Waals surface area contributed by atoms with Gasteiger partial charge in [-0.1, -0.05) is 28.1 Å². The van der Waals surface area contributed by atoms with Crippen molar-refractivity contribution in [2.24, 2.45) is 0 Å². The molecule has 0 spiro atoms. The molecule has 1 aromatic rings. The first-order valence-corrected chi connectivity index (χ1v) is 6.27. The molecule has 1 saturated heterocycles. The number of carbonyl (C=O) groups excluding carboxylic acids is 1.